The first-order chi connectivity index (χ1) is 8.33. The molecular formula is C14H8O2S. The molecule has 3 heteroatoms. The van der Waals surface area contributed by atoms with Crippen molar-refractivity contribution in [1.82, 2.24) is 0 Å². The van der Waals surface area contributed by atoms with Crippen molar-refractivity contribution in [2.45, 2.75) is 0 Å². The van der Waals surface area contributed by atoms with Crippen LogP contribution in [0.1, 0.15) is 0 Å². The van der Waals surface area contributed by atoms with Crippen LogP contribution >= 0.6 is 11.3 Å². The summed E-state index contributed by atoms with van der Waals surface area (Å²) in [7, 11) is 0. The second-order valence-electron chi connectivity index (χ2n) is 4.06. The van der Waals surface area contributed by atoms with Gasteiger partial charge in [-0.25, -0.2) is 0 Å². The molecule has 4 rings (SSSR count). The summed E-state index contributed by atoms with van der Waals surface area (Å²) in [5.41, 5.74) is 0.735. The summed E-state index contributed by atoms with van der Waals surface area (Å²) < 4.78 is 7.76. The van der Waals surface area contributed by atoms with E-state index in [1.165, 1.54) is 26.4 Å². The van der Waals surface area contributed by atoms with Gasteiger partial charge in [-0.15, -0.1) is 11.3 Å². The molecule has 0 atom stereocenters. The lowest BCUT2D eigenvalue weighted by atomic mass is 10.1. The van der Waals surface area contributed by atoms with Gasteiger partial charge in [0.15, 0.2) is 5.75 Å². The van der Waals surface area contributed by atoms with E-state index in [2.05, 4.69) is 12.1 Å². The van der Waals surface area contributed by atoms with Gasteiger partial charge >= 0.3 is 0 Å². The molecule has 0 spiro atoms. The smallest absolute Gasteiger partial charge is 0.161 e. The minimum absolute atomic E-state index is 0.208. The van der Waals surface area contributed by atoms with Crippen LogP contribution in [0.15, 0.2) is 47.1 Å². The number of hydrogen-bond donors (Lipinski definition) is 1. The summed E-state index contributed by atoms with van der Waals surface area (Å²) in [6, 6.07) is 12.3. The van der Waals surface area contributed by atoms with E-state index in [1.807, 2.05) is 24.3 Å². The quantitative estimate of drug-likeness (QED) is 0.490. The summed E-state index contributed by atoms with van der Waals surface area (Å²) in [6.45, 7) is 0. The molecule has 2 aromatic carbocycles. The highest BCUT2D eigenvalue weighted by molar-refractivity contribution is 7.25. The highest BCUT2D eigenvalue weighted by Crippen LogP contribution is 2.38. The molecule has 0 aliphatic heterocycles. The molecular weight excluding hydrogens is 232 g/mol. The maximum absolute atomic E-state index is 9.66. The number of benzene rings is 2. The predicted octanol–water partition coefficient (Wildman–Crippen LogP) is 4.51. The Labute approximate surface area is 101 Å². The zero-order valence-electron chi connectivity index (χ0n) is 8.81. The number of aromatic hydroxyl groups is 1. The first-order valence-corrected chi connectivity index (χ1v) is 6.16. The largest absolute Gasteiger partial charge is 0.504 e. The lowest BCUT2D eigenvalue weighted by molar-refractivity contribution is 0.464. The summed E-state index contributed by atoms with van der Waals surface area (Å²) in [5, 5.41) is 12.9. The monoisotopic (exact) mass is 240 g/mol. The van der Waals surface area contributed by atoms with Crippen molar-refractivity contribution in [2.75, 3.05) is 0 Å². The lowest BCUT2D eigenvalue weighted by Crippen LogP contribution is -1.67. The Balaban J connectivity index is 2.29. The van der Waals surface area contributed by atoms with Crippen LogP contribution < -0.4 is 0 Å². The average molecular weight is 240 g/mol. The second kappa shape index (κ2) is 3.02. The normalized spacial score (nSPS) is 11.8. The lowest BCUT2D eigenvalue weighted by Gasteiger charge is -1.92. The van der Waals surface area contributed by atoms with Crippen molar-refractivity contribution >= 4 is 42.5 Å². The molecule has 0 aliphatic carbocycles. The third kappa shape index (κ3) is 1.14. The van der Waals surface area contributed by atoms with Gasteiger partial charge in [-0.1, -0.05) is 18.2 Å². The van der Waals surface area contributed by atoms with E-state index in [1.54, 1.807) is 11.3 Å². The van der Waals surface area contributed by atoms with Crippen LogP contribution in [0, 0.1) is 0 Å². The van der Waals surface area contributed by atoms with Gasteiger partial charge in [0, 0.05) is 20.2 Å². The molecule has 0 amide bonds. The fourth-order valence-corrected chi connectivity index (χ4v) is 3.36. The van der Waals surface area contributed by atoms with Crippen molar-refractivity contribution in [3.05, 3.63) is 42.7 Å². The van der Waals surface area contributed by atoms with Gasteiger partial charge in [0.25, 0.3) is 0 Å². The van der Waals surface area contributed by atoms with Crippen LogP contribution in [0.4, 0.5) is 0 Å². The maximum atomic E-state index is 9.66. The molecule has 1 N–H and O–H groups in total. The van der Waals surface area contributed by atoms with Crippen molar-refractivity contribution in [3.8, 4) is 5.75 Å². The molecule has 2 nitrogen and oxygen atoms in total. The molecule has 0 radical (unpaired) electrons. The summed E-state index contributed by atoms with van der Waals surface area (Å²) in [4.78, 5) is 0. The van der Waals surface area contributed by atoms with E-state index >= 15 is 0 Å². The summed E-state index contributed by atoms with van der Waals surface area (Å²) >= 11 is 1.74. The maximum Gasteiger partial charge on any atom is 0.161 e. The zero-order chi connectivity index (χ0) is 11.4. The number of hydrogen-bond acceptors (Lipinski definition) is 3. The summed E-state index contributed by atoms with van der Waals surface area (Å²) in [5.74, 6) is 0.208. The number of thiophene rings is 1. The van der Waals surface area contributed by atoms with Crippen LogP contribution in [0.5, 0.6) is 5.75 Å². The Kier molecular flexibility index (Phi) is 1.61. The highest BCUT2D eigenvalue weighted by Gasteiger charge is 2.10. The molecule has 2 aromatic heterocycles. The Bertz CT molecular complexity index is 854. The van der Waals surface area contributed by atoms with Gasteiger partial charge in [-0.2, -0.15) is 0 Å². The SMILES string of the molecule is Oc1coc2cc3c(cc12)sc1ccccc13. The standard InChI is InChI=1S/C14H8O2S/c15-11-7-16-12-5-9-8-3-1-2-4-13(8)17-14(9)6-10(11)12/h1-7,15H. The molecule has 0 fully saturated rings. The van der Waals surface area contributed by atoms with E-state index < -0.39 is 0 Å². The molecule has 0 unspecified atom stereocenters. The van der Waals surface area contributed by atoms with Gasteiger partial charge in [-0.3, -0.25) is 0 Å². The van der Waals surface area contributed by atoms with E-state index in [4.69, 9.17) is 4.42 Å². The molecule has 0 bridgehead atoms. The van der Waals surface area contributed by atoms with Crippen LogP contribution in [-0.2, 0) is 0 Å². The molecule has 0 saturated heterocycles. The van der Waals surface area contributed by atoms with Crippen LogP contribution in [0.25, 0.3) is 31.1 Å². The van der Waals surface area contributed by atoms with Crippen molar-refractivity contribution < 1.29 is 9.52 Å². The minimum atomic E-state index is 0.208. The first-order valence-electron chi connectivity index (χ1n) is 5.34. The van der Waals surface area contributed by atoms with Crippen molar-refractivity contribution in [1.29, 1.82) is 0 Å². The molecule has 0 aliphatic rings. The number of rotatable bonds is 0. The Morgan fingerprint density at radius 1 is 0.941 bits per heavy atom. The van der Waals surface area contributed by atoms with Gasteiger partial charge < -0.3 is 9.52 Å². The van der Waals surface area contributed by atoms with E-state index in [0.29, 0.717) is 0 Å². The average Bonchev–Trinajstić information content (AvgIpc) is 2.88. The number of furan rings is 1. The molecule has 2 heterocycles. The zero-order valence-corrected chi connectivity index (χ0v) is 9.62. The predicted molar refractivity (Wildman–Crippen MR) is 70.8 cm³/mol. The first kappa shape index (κ1) is 9.07. The number of fused-ring (bicyclic) bond motifs is 4. The fraction of sp³-hybridized carbons (Fsp3) is 0. The fourth-order valence-electron chi connectivity index (χ4n) is 2.23. The van der Waals surface area contributed by atoms with Crippen LogP contribution in [0.2, 0.25) is 0 Å². The Morgan fingerprint density at radius 2 is 1.82 bits per heavy atom. The van der Waals surface area contributed by atoms with E-state index in [0.717, 1.165) is 11.0 Å². The minimum Gasteiger partial charge on any atom is -0.504 e. The molecule has 0 saturated carbocycles. The third-order valence-electron chi connectivity index (χ3n) is 3.05. The van der Waals surface area contributed by atoms with E-state index in [-0.39, 0.29) is 5.75 Å². The van der Waals surface area contributed by atoms with Crippen LogP contribution in [0.3, 0.4) is 0 Å². The molecule has 82 valence electrons. The topological polar surface area (TPSA) is 33.4 Å². The van der Waals surface area contributed by atoms with Gasteiger partial charge in [0.1, 0.15) is 11.8 Å². The van der Waals surface area contributed by atoms with Gasteiger partial charge in [0.05, 0.1) is 5.39 Å². The van der Waals surface area contributed by atoms with E-state index in [9.17, 15) is 5.11 Å². The van der Waals surface area contributed by atoms with Crippen molar-refractivity contribution in [2.24, 2.45) is 0 Å². The molecule has 17 heavy (non-hydrogen) atoms. The van der Waals surface area contributed by atoms with Crippen LogP contribution in [-0.4, -0.2) is 5.11 Å². The highest BCUT2D eigenvalue weighted by atomic mass is 32.1. The second-order valence-corrected chi connectivity index (χ2v) is 5.15. The van der Waals surface area contributed by atoms with Crippen molar-refractivity contribution in [3.63, 3.8) is 0 Å². The Morgan fingerprint density at radius 3 is 2.76 bits per heavy atom. The third-order valence-corrected chi connectivity index (χ3v) is 4.19. The Hall–Kier alpha value is -2.00. The van der Waals surface area contributed by atoms with Gasteiger partial charge in [0.2, 0.25) is 0 Å². The molecule has 4 aromatic rings. The summed E-state index contributed by atoms with van der Waals surface area (Å²) in [6.07, 6.45) is 1.39. The van der Waals surface area contributed by atoms with Gasteiger partial charge in [-0.05, 0) is 18.2 Å².